The number of hydrogen-bond donors (Lipinski definition) is 5. The molecule has 0 radical (unpaired) electrons. The van der Waals surface area contributed by atoms with Crippen molar-refractivity contribution in [3.05, 3.63) is 45.6 Å². The van der Waals surface area contributed by atoms with Gasteiger partial charge in [-0.1, -0.05) is 65.7 Å². The molecule has 51 heavy (non-hydrogen) atoms. The first-order valence-electron chi connectivity index (χ1n) is 19.3. The van der Waals surface area contributed by atoms with E-state index >= 15 is 0 Å². The molecule has 284 valence electrons. The minimum absolute atomic E-state index is 0.00547. The molecule has 6 rings (SSSR count). The quantitative estimate of drug-likeness (QED) is 0.227. The Hall–Kier alpha value is -1.98. The highest BCUT2D eigenvalue weighted by Crippen LogP contribution is 2.61. The van der Waals surface area contributed by atoms with Crippen molar-refractivity contribution in [2.45, 2.75) is 122 Å². The normalized spacial score (nSPS) is 46.3. The van der Waals surface area contributed by atoms with Gasteiger partial charge in [-0.05, 0) is 103 Å². The third-order valence-electron chi connectivity index (χ3n) is 14.3. The lowest BCUT2D eigenvalue weighted by molar-refractivity contribution is -0.132. The number of Topliss-reactive ketones (excluding diaryl/α,β-unsaturated/α-hetero) is 2. The van der Waals surface area contributed by atoms with Gasteiger partial charge in [-0.2, -0.15) is 0 Å². The van der Waals surface area contributed by atoms with E-state index in [9.17, 15) is 35.1 Å². The standard InChI is InChI=1S/C42H62O9/c1-21(2)35-27-14-33(43)23(5)26-11-13-41(48,20-51-9)32(26)18-42(49,38(35)46)28(27)15-30-37(45)36(22(3)4)29-16-34(44)24(6)25-10-12-40(47,19-50-8)31(25)17-39(29,30)7/h17-18,21-26,28,30,33-34,43-44,47-49H,10-16,19-20H2,1-9H3/b31-17+,32-18+/t23-,24-,25+,26+,28-,30+,33+,34+,39-,40+,41+,42+/m1/s1. The number of rotatable bonds is 8. The zero-order chi connectivity index (χ0) is 37.6. The van der Waals surface area contributed by atoms with E-state index in [2.05, 4.69) is 6.08 Å². The van der Waals surface area contributed by atoms with E-state index in [1.54, 1.807) is 13.2 Å². The molecule has 9 heteroatoms. The molecule has 5 N–H and O–H groups in total. The third-order valence-corrected chi connectivity index (χ3v) is 14.3. The van der Waals surface area contributed by atoms with Gasteiger partial charge in [-0.25, -0.2) is 0 Å². The van der Waals surface area contributed by atoms with Gasteiger partial charge in [0.25, 0.3) is 0 Å². The molecule has 12 atom stereocenters. The maximum absolute atomic E-state index is 15.0. The number of ketones is 2. The summed E-state index contributed by atoms with van der Waals surface area (Å²) in [5.74, 6) is -3.22. The van der Waals surface area contributed by atoms with E-state index in [0.717, 1.165) is 11.1 Å². The monoisotopic (exact) mass is 710 g/mol. The van der Waals surface area contributed by atoms with Crippen molar-refractivity contribution in [3.8, 4) is 0 Å². The Balaban J connectivity index is 1.57. The van der Waals surface area contributed by atoms with Gasteiger partial charge < -0.3 is 35.0 Å². The Morgan fingerprint density at radius 3 is 1.75 bits per heavy atom. The number of carbonyl (C=O) groups is 2. The van der Waals surface area contributed by atoms with Crippen molar-refractivity contribution in [3.63, 3.8) is 0 Å². The van der Waals surface area contributed by atoms with E-state index in [0.29, 0.717) is 54.4 Å². The van der Waals surface area contributed by atoms with Gasteiger partial charge >= 0.3 is 0 Å². The van der Waals surface area contributed by atoms with E-state index in [-0.39, 0.29) is 67.3 Å². The van der Waals surface area contributed by atoms with Crippen LogP contribution in [0.25, 0.3) is 0 Å². The Bertz CT molecular complexity index is 1570. The lowest BCUT2D eigenvalue weighted by Crippen LogP contribution is -2.46. The van der Waals surface area contributed by atoms with Crippen LogP contribution in [0.3, 0.4) is 0 Å². The van der Waals surface area contributed by atoms with Crippen LogP contribution in [0.2, 0.25) is 0 Å². The van der Waals surface area contributed by atoms with Crippen molar-refractivity contribution >= 4 is 11.6 Å². The second-order valence-corrected chi connectivity index (χ2v) is 18.0. The van der Waals surface area contributed by atoms with Crippen LogP contribution in [0, 0.1) is 52.8 Å². The maximum atomic E-state index is 15.0. The first-order chi connectivity index (χ1) is 23.8. The zero-order valence-corrected chi connectivity index (χ0v) is 32.2. The number of aliphatic hydroxyl groups excluding tert-OH is 2. The van der Waals surface area contributed by atoms with Gasteiger partial charge in [0.05, 0.1) is 25.4 Å². The second-order valence-electron chi connectivity index (χ2n) is 18.0. The fourth-order valence-electron chi connectivity index (χ4n) is 11.5. The van der Waals surface area contributed by atoms with Gasteiger partial charge in [0.15, 0.2) is 17.2 Å². The maximum Gasteiger partial charge on any atom is 0.195 e. The highest BCUT2D eigenvalue weighted by molar-refractivity contribution is 6.08. The number of hydrogen-bond acceptors (Lipinski definition) is 9. The summed E-state index contributed by atoms with van der Waals surface area (Å²) in [6.45, 7) is 13.9. The lowest BCUT2D eigenvalue weighted by Gasteiger charge is -2.42. The fourth-order valence-corrected chi connectivity index (χ4v) is 11.5. The number of allylic oxidation sites excluding steroid dienone is 2. The van der Waals surface area contributed by atoms with Gasteiger partial charge in [0, 0.05) is 37.0 Å². The molecule has 0 unspecified atom stereocenters. The molecule has 0 heterocycles. The van der Waals surface area contributed by atoms with Crippen LogP contribution in [0.5, 0.6) is 0 Å². The Morgan fingerprint density at radius 2 is 1.25 bits per heavy atom. The number of ether oxygens (including phenoxy) is 2. The van der Waals surface area contributed by atoms with Crippen molar-refractivity contribution < 1.29 is 44.6 Å². The summed E-state index contributed by atoms with van der Waals surface area (Å²) in [5.41, 5.74) is -1.64. The summed E-state index contributed by atoms with van der Waals surface area (Å²) in [6, 6.07) is 0. The smallest absolute Gasteiger partial charge is 0.195 e. The number of carbonyl (C=O) groups excluding carboxylic acids is 2. The number of methoxy groups -OCH3 is 2. The first kappa shape index (κ1) is 38.7. The molecule has 2 saturated carbocycles. The minimum Gasteiger partial charge on any atom is -0.392 e. The SMILES string of the molecule is COC[C@@]1(O)CC[C@@H]2/C1=C\[C@@]1(O)C(=O)C(C(C)C)=C(C[C@H](O)[C@@H]2C)[C@H]1C[C@H]1C(=O)C(C(C)C)=C2C[C@H](O)[C@H](C)[C@@H]3CC[C@](O)(COC)/C3=C/[C@]21C. The fraction of sp³-hybridized carbons (Fsp3) is 0.762. The van der Waals surface area contributed by atoms with Crippen LogP contribution >= 0.6 is 0 Å². The summed E-state index contributed by atoms with van der Waals surface area (Å²) in [6.07, 6.45) is 4.84. The molecule has 0 aromatic rings. The van der Waals surface area contributed by atoms with Gasteiger partial charge in [0.1, 0.15) is 11.2 Å². The van der Waals surface area contributed by atoms with Crippen molar-refractivity contribution in [1.29, 1.82) is 0 Å². The second kappa shape index (κ2) is 13.4. The number of fused-ring (bicyclic) bond motifs is 5. The Kier molecular flexibility index (Phi) is 10.2. The van der Waals surface area contributed by atoms with Crippen molar-refractivity contribution in [1.82, 2.24) is 0 Å². The molecule has 0 saturated heterocycles. The van der Waals surface area contributed by atoms with Crippen LogP contribution < -0.4 is 0 Å². The summed E-state index contributed by atoms with van der Waals surface area (Å²) >= 11 is 0. The minimum atomic E-state index is -2.05. The predicted molar refractivity (Wildman–Crippen MR) is 193 cm³/mol. The predicted octanol–water partition coefficient (Wildman–Crippen LogP) is 4.65. The van der Waals surface area contributed by atoms with Gasteiger partial charge in [-0.15, -0.1) is 0 Å². The van der Waals surface area contributed by atoms with E-state index in [1.807, 2.05) is 48.5 Å². The molecule has 6 aliphatic rings. The molecule has 2 fully saturated rings. The van der Waals surface area contributed by atoms with Crippen LogP contribution in [0.4, 0.5) is 0 Å². The highest BCUT2D eigenvalue weighted by atomic mass is 16.5. The summed E-state index contributed by atoms with van der Waals surface area (Å²) in [7, 11) is 3.08. The van der Waals surface area contributed by atoms with E-state index < -0.39 is 52.0 Å². The summed E-state index contributed by atoms with van der Waals surface area (Å²) in [5, 5.41) is 60.5. The molecule has 0 amide bonds. The topological polar surface area (TPSA) is 154 Å². The molecule has 0 aliphatic heterocycles. The zero-order valence-electron chi connectivity index (χ0n) is 32.2. The van der Waals surface area contributed by atoms with Crippen molar-refractivity contribution in [2.24, 2.45) is 52.8 Å². The molecule has 0 spiro atoms. The van der Waals surface area contributed by atoms with E-state index in [4.69, 9.17) is 9.47 Å². The Labute approximate surface area is 303 Å². The Morgan fingerprint density at radius 1 is 0.765 bits per heavy atom. The average molecular weight is 711 g/mol. The lowest BCUT2D eigenvalue weighted by atomic mass is 9.63. The molecule has 0 aromatic carbocycles. The summed E-state index contributed by atoms with van der Waals surface area (Å²) < 4.78 is 11.0. The molecule has 2 bridgehead atoms. The van der Waals surface area contributed by atoms with Crippen LogP contribution in [-0.4, -0.2) is 93.5 Å². The van der Waals surface area contributed by atoms with Gasteiger partial charge in [-0.3, -0.25) is 9.59 Å². The van der Waals surface area contributed by atoms with Crippen LogP contribution in [0.15, 0.2) is 45.6 Å². The van der Waals surface area contributed by atoms with E-state index in [1.165, 1.54) is 7.11 Å². The molecule has 6 aliphatic carbocycles. The van der Waals surface area contributed by atoms with Gasteiger partial charge in [0.2, 0.25) is 0 Å². The van der Waals surface area contributed by atoms with Crippen LogP contribution in [-0.2, 0) is 19.1 Å². The summed E-state index contributed by atoms with van der Waals surface area (Å²) in [4.78, 5) is 29.6. The average Bonchev–Trinajstić information content (AvgIpc) is 3.66. The first-order valence-corrected chi connectivity index (χ1v) is 19.3. The molecule has 9 nitrogen and oxygen atoms in total. The third kappa shape index (κ3) is 5.83. The number of aliphatic hydroxyl groups is 5. The highest BCUT2D eigenvalue weighted by Gasteiger charge is 2.61. The molecular formula is C42H62O9. The molecule has 0 aromatic heterocycles. The van der Waals surface area contributed by atoms with Crippen LogP contribution in [0.1, 0.15) is 93.4 Å². The molecular weight excluding hydrogens is 648 g/mol. The van der Waals surface area contributed by atoms with Crippen molar-refractivity contribution in [2.75, 3.05) is 27.4 Å². The largest absolute Gasteiger partial charge is 0.392 e.